The van der Waals surface area contributed by atoms with Crippen molar-refractivity contribution in [2.75, 3.05) is 13.1 Å². The minimum Gasteiger partial charge on any atom is -0.316 e. The Balaban J connectivity index is 1.93. The first kappa shape index (κ1) is 5.10. The van der Waals surface area contributed by atoms with E-state index in [1.807, 2.05) is 0 Å². The topological polar surface area (TPSA) is 12.0 Å². The molecule has 0 unspecified atom stereocenters. The molecular weight excluding hydrogens is 86.1 g/mol. The van der Waals surface area contributed by atoms with Gasteiger partial charge in [0, 0.05) is 0 Å². The van der Waals surface area contributed by atoms with Crippen molar-refractivity contribution in [2.45, 2.75) is 13.3 Å². The van der Waals surface area contributed by atoms with Gasteiger partial charge in [-0.3, -0.25) is 0 Å². The Hall–Kier alpha value is -0.0400. The average molecular weight is 98.2 g/mol. The lowest BCUT2D eigenvalue weighted by atomic mass is 9.98. The van der Waals surface area contributed by atoms with Crippen molar-refractivity contribution in [2.24, 2.45) is 5.92 Å². The molecule has 1 heteroatoms. The third-order valence-electron chi connectivity index (χ3n) is 1.38. The number of hydrogen-bond acceptors (Lipinski definition) is 1. The van der Waals surface area contributed by atoms with Crippen LogP contribution in [0.25, 0.3) is 0 Å². The molecule has 0 atom stereocenters. The first-order valence-electron chi connectivity index (χ1n) is 2.97. The van der Waals surface area contributed by atoms with E-state index in [4.69, 9.17) is 0 Å². The second-order valence-electron chi connectivity index (χ2n) is 2.06. The molecule has 1 rings (SSSR count). The van der Waals surface area contributed by atoms with Crippen LogP contribution in [-0.4, -0.2) is 13.1 Å². The van der Waals surface area contributed by atoms with Crippen molar-refractivity contribution in [3.05, 3.63) is 6.42 Å². The van der Waals surface area contributed by atoms with Crippen LogP contribution in [0.15, 0.2) is 0 Å². The van der Waals surface area contributed by atoms with E-state index in [0.29, 0.717) is 0 Å². The maximum absolute atomic E-state index is 3.21. The van der Waals surface area contributed by atoms with E-state index in [1.165, 1.54) is 19.5 Å². The molecule has 1 saturated heterocycles. The molecule has 1 aliphatic rings. The van der Waals surface area contributed by atoms with E-state index in [0.717, 1.165) is 5.92 Å². The van der Waals surface area contributed by atoms with Crippen molar-refractivity contribution < 1.29 is 0 Å². The van der Waals surface area contributed by atoms with Crippen LogP contribution >= 0.6 is 0 Å². The lowest BCUT2D eigenvalue weighted by Gasteiger charge is -2.25. The van der Waals surface area contributed by atoms with Crippen LogP contribution < -0.4 is 5.32 Å². The second-order valence-corrected chi connectivity index (χ2v) is 2.06. The maximum Gasteiger partial charge on any atom is -0.000549 e. The van der Waals surface area contributed by atoms with E-state index in [9.17, 15) is 0 Å². The summed E-state index contributed by atoms with van der Waals surface area (Å²) in [5.74, 6) is 0.894. The van der Waals surface area contributed by atoms with Gasteiger partial charge in [0.15, 0.2) is 0 Å². The Labute approximate surface area is 45.1 Å². The Morgan fingerprint density at radius 1 is 1.71 bits per heavy atom. The molecule has 0 bridgehead atoms. The van der Waals surface area contributed by atoms with Gasteiger partial charge in [-0.2, -0.15) is 0 Å². The summed E-state index contributed by atoms with van der Waals surface area (Å²) in [5, 5.41) is 3.21. The molecule has 0 aromatic carbocycles. The second kappa shape index (κ2) is 2.31. The van der Waals surface area contributed by atoms with Crippen molar-refractivity contribution in [1.82, 2.24) is 5.32 Å². The molecule has 0 aromatic rings. The lowest BCUT2D eigenvalue weighted by Crippen LogP contribution is -2.41. The van der Waals surface area contributed by atoms with Gasteiger partial charge in [-0.05, 0) is 25.4 Å². The SMILES string of the molecule is CC[CH]C1CNC1. The van der Waals surface area contributed by atoms with Crippen molar-refractivity contribution >= 4 is 0 Å². The molecule has 1 N–H and O–H groups in total. The Bertz CT molecular complexity index is 48.1. The minimum absolute atomic E-state index is 0.894. The molecule has 1 fully saturated rings. The fourth-order valence-electron chi connectivity index (χ4n) is 0.811. The fraction of sp³-hybridized carbons (Fsp3) is 0.833. The highest BCUT2D eigenvalue weighted by Crippen LogP contribution is 2.07. The quantitative estimate of drug-likeness (QED) is 0.539. The summed E-state index contributed by atoms with van der Waals surface area (Å²) in [7, 11) is 0. The molecule has 0 amide bonds. The smallest absolute Gasteiger partial charge is 0.000549 e. The molecule has 41 valence electrons. The zero-order valence-corrected chi connectivity index (χ0v) is 4.78. The monoisotopic (exact) mass is 98.1 g/mol. The third-order valence-corrected chi connectivity index (χ3v) is 1.38. The first-order valence-corrected chi connectivity index (χ1v) is 2.97. The van der Waals surface area contributed by atoms with Gasteiger partial charge >= 0.3 is 0 Å². The van der Waals surface area contributed by atoms with Gasteiger partial charge in [-0.15, -0.1) is 0 Å². The third kappa shape index (κ3) is 1.16. The molecule has 1 aliphatic heterocycles. The lowest BCUT2D eigenvalue weighted by molar-refractivity contribution is 0.387. The van der Waals surface area contributed by atoms with Crippen LogP contribution in [0.2, 0.25) is 0 Å². The summed E-state index contributed by atoms with van der Waals surface area (Å²) in [4.78, 5) is 0. The largest absolute Gasteiger partial charge is 0.316 e. The van der Waals surface area contributed by atoms with Crippen LogP contribution in [0.5, 0.6) is 0 Å². The zero-order valence-electron chi connectivity index (χ0n) is 4.78. The van der Waals surface area contributed by atoms with Gasteiger partial charge in [0.05, 0.1) is 0 Å². The van der Waals surface area contributed by atoms with Crippen molar-refractivity contribution in [1.29, 1.82) is 0 Å². The highest BCUT2D eigenvalue weighted by atomic mass is 14.9. The van der Waals surface area contributed by atoms with Crippen molar-refractivity contribution in [3.63, 3.8) is 0 Å². The Kier molecular flexibility index (Phi) is 1.69. The predicted molar refractivity (Wildman–Crippen MR) is 31.0 cm³/mol. The minimum atomic E-state index is 0.894. The summed E-state index contributed by atoms with van der Waals surface area (Å²) in [6.07, 6.45) is 3.60. The molecular formula is C6H12N. The number of hydrogen-bond donors (Lipinski definition) is 1. The molecule has 1 nitrogen and oxygen atoms in total. The zero-order chi connectivity index (χ0) is 5.11. The van der Waals surface area contributed by atoms with Crippen LogP contribution in [0.1, 0.15) is 13.3 Å². The van der Waals surface area contributed by atoms with Gasteiger partial charge in [-0.1, -0.05) is 13.3 Å². The molecule has 7 heavy (non-hydrogen) atoms. The molecule has 0 saturated carbocycles. The standard InChI is InChI=1S/C6H12N/c1-2-3-6-4-7-5-6/h3,6-7H,2,4-5H2,1H3. The summed E-state index contributed by atoms with van der Waals surface area (Å²) in [5.41, 5.74) is 0. The molecule has 1 radical (unpaired) electrons. The first-order chi connectivity index (χ1) is 3.43. The molecule has 1 heterocycles. The van der Waals surface area contributed by atoms with Gasteiger partial charge in [-0.25, -0.2) is 0 Å². The van der Waals surface area contributed by atoms with Gasteiger partial charge in [0.1, 0.15) is 0 Å². The molecule has 0 aliphatic carbocycles. The molecule has 0 aromatic heterocycles. The fourth-order valence-corrected chi connectivity index (χ4v) is 0.811. The summed E-state index contributed by atoms with van der Waals surface area (Å²) in [6, 6.07) is 0. The summed E-state index contributed by atoms with van der Waals surface area (Å²) in [6.45, 7) is 4.62. The van der Waals surface area contributed by atoms with E-state index < -0.39 is 0 Å². The van der Waals surface area contributed by atoms with Crippen molar-refractivity contribution in [3.8, 4) is 0 Å². The summed E-state index contributed by atoms with van der Waals surface area (Å²) >= 11 is 0. The number of rotatable bonds is 2. The Morgan fingerprint density at radius 2 is 2.43 bits per heavy atom. The van der Waals surface area contributed by atoms with Gasteiger partial charge in [0.2, 0.25) is 0 Å². The highest BCUT2D eigenvalue weighted by Gasteiger charge is 2.14. The normalized spacial score (nSPS) is 21.9. The molecule has 0 spiro atoms. The predicted octanol–water partition coefficient (Wildman–Crippen LogP) is 0.820. The van der Waals surface area contributed by atoms with E-state index in [1.54, 1.807) is 0 Å². The highest BCUT2D eigenvalue weighted by molar-refractivity contribution is 4.85. The summed E-state index contributed by atoms with van der Waals surface area (Å²) < 4.78 is 0. The van der Waals surface area contributed by atoms with E-state index in [2.05, 4.69) is 18.7 Å². The number of nitrogens with one attached hydrogen (secondary N) is 1. The Morgan fingerprint density at radius 3 is 2.57 bits per heavy atom. The van der Waals surface area contributed by atoms with E-state index in [-0.39, 0.29) is 0 Å². The average Bonchev–Trinajstić information content (AvgIpc) is 1.55. The van der Waals surface area contributed by atoms with Crippen LogP contribution in [0, 0.1) is 12.3 Å². The van der Waals surface area contributed by atoms with Crippen LogP contribution in [0.4, 0.5) is 0 Å². The maximum atomic E-state index is 3.21. The van der Waals surface area contributed by atoms with Crippen LogP contribution in [-0.2, 0) is 0 Å². The van der Waals surface area contributed by atoms with Gasteiger partial charge < -0.3 is 5.32 Å². The van der Waals surface area contributed by atoms with Gasteiger partial charge in [0.25, 0.3) is 0 Å². The van der Waals surface area contributed by atoms with E-state index >= 15 is 0 Å². The van der Waals surface area contributed by atoms with Crippen LogP contribution in [0.3, 0.4) is 0 Å².